The second-order valence-electron chi connectivity index (χ2n) is 4.96. The molecule has 0 unspecified atom stereocenters. The fourth-order valence-electron chi connectivity index (χ4n) is 1.58. The van der Waals surface area contributed by atoms with Crippen molar-refractivity contribution < 1.29 is 9.90 Å². The van der Waals surface area contributed by atoms with Crippen LogP contribution < -0.4 is 5.56 Å². The van der Waals surface area contributed by atoms with E-state index in [2.05, 4.69) is 0 Å². The minimum atomic E-state index is -1.16. The van der Waals surface area contributed by atoms with Gasteiger partial charge in [0.15, 0.2) is 0 Å². The molecule has 0 radical (unpaired) electrons. The van der Waals surface area contributed by atoms with E-state index in [1.54, 1.807) is 13.1 Å². The number of aromatic nitrogens is 1. The van der Waals surface area contributed by atoms with E-state index < -0.39 is 17.1 Å². The molecule has 88 valence electrons. The Labute approximate surface area is 94.5 Å². The first-order chi connectivity index (χ1) is 7.16. The molecule has 0 saturated heterocycles. The predicted octanol–water partition coefficient (Wildman–Crippen LogP) is 1.92. The van der Waals surface area contributed by atoms with Crippen LogP contribution >= 0.6 is 0 Å². The van der Waals surface area contributed by atoms with E-state index >= 15 is 0 Å². The highest BCUT2D eigenvalue weighted by molar-refractivity contribution is 5.89. The first kappa shape index (κ1) is 12.5. The summed E-state index contributed by atoms with van der Waals surface area (Å²) in [4.78, 5) is 23.1. The van der Waals surface area contributed by atoms with Gasteiger partial charge in [-0.2, -0.15) is 0 Å². The largest absolute Gasteiger partial charge is 0.477 e. The maximum absolute atomic E-state index is 12.0. The number of aryl methyl sites for hydroxylation is 1. The van der Waals surface area contributed by atoms with Crippen LogP contribution in [0.1, 0.15) is 42.3 Å². The summed E-state index contributed by atoms with van der Waals surface area (Å²) in [7, 11) is 0. The number of carboxylic acids is 1. The van der Waals surface area contributed by atoms with Gasteiger partial charge in [0, 0.05) is 11.7 Å². The molecule has 0 atom stereocenters. The number of hydrogen-bond donors (Lipinski definition) is 1. The van der Waals surface area contributed by atoms with E-state index in [9.17, 15) is 9.59 Å². The molecule has 0 amide bonds. The zero-order chi connectivity index (χ0) is 12.7. The Kier molecular flexibility index (Phi) is 2.95. The molecular weight excluding hydrogens is 206 g/mol. The molecule has 0 saturated carbocycles. The monoisotopic (exact) mass is 223 g/mol. The average Bonchev–Trinajstić information content (AvgIpc) is 2.09. The Morgan fingerprint density at radius 2 is 1.81 bits per heavy atom. The van der Waals surface area contributed by atoms with Crippen LogP contribution in [0.25, 0.3) is 0 Å². The molecule has 1 rings (SSSR count). The molecule has 4 heteroatoms. The molecule has 1 N–H and O–H groups in total. The number of rotatable bonds is 1. The normalized spacial score (nSPS) is 11.6. The standard InChI is InChI=1S/C12H17NO3/c1-7-6-13(12(3,4)5)10(14)9(8(7)2)11(15)16/h6H,1-5H3,(H,15,16). The van der Waals surface area contributed by atoms with Crippen LogP contribution in [0.2, 0.25) is 0 Å². The molecule has 0 bridgehead atoms. The smallest absolute Gasteiger partial charge is 0.341 e. The van der Waals surface area contributed by atoms with Gasteiger partial charge in [0.2, 0.25) is 0 Å². The number of carboxylic acid groups (broad SMARTS) is 1. The lowest BCUT2D eigenvalue weighted by atomic mass is 10.0. The third kappa shape index (κ3) is 2.01. The maximum Gasteiger partial charge on any atom is 0.341 e. The van der Waals surface area contributed by atoms with Crippen LogP contribution in [0, 0.1) is 13.8 Å². The fraction of sp³-hybridized carbons (Fsp3) is 0.500. The zero-order valence-electron chi connectivity index (χ0n) is 10.3. The minimum Gasteiger partial charge on any atom is -0.477 e. The molecule has 1 heterocycles. The van der Waals surface area contributed by atoms with Crippen molar-refractivity contribution in [3.05, 3.63) is 33.2 Å². The Hall–Kier alpha value is -1.58. The number of aromatic carboxylic acids is 1. The van der Waals surface area contributed by atoms with Crippen LogP contribution in [0.15, 0.2) is 11.0 Å². The topological polar surface area (TPSA) is 59.3 Å². The molecule has 0 aliphatic carbocycles. The molecule has 0 aliphatic heterocycles. The van der Waals surface area contributed by atoms with Gasteiger partial charge in [-0.25, -0.2) is 4.79 Å². The Balaban J connectivity index is 3.71. The highest BCUT2D eigenvalue weighted by atomic mass is 16.4. The van der Waals surface area contributed by atoms with Gasteiger partial charge in [0.1, 0.15) is 5.56 Å². The van der Waals surface area contributed by atoms with Gasteiger partial charge in [0.05, 0.1) is 0 Å². The quantitative estimate of drug-likeness (QED) is 0.791. The van der Waals surface area contributed by atoms with E-state index in [1.165, 1.54) is 4.57 Å². The van der Waals surface area contributed by atoms with Gasteiger partial charge in [-0.1, -0.05) is 0 Å². The van der Waals surface area contributed by atoms with E-state index in [0.29, 0.717) is 5.56 Å². The number of carbonyl (C=O) groups is 1. The summed E-state index contributed by atoms with van der Waals surface area (Å²) in [6.07, 6.45) is 1.71. The third-order valence-electron chi connectivity index (χ3n) is 2.66. The Morgan fingerprint density at radius 1 is 1.31 bits per heavy atom. The minimum absolute atomic E-state index is 0.130. The number of nitrogens with zero attached hydrogens (tertiary/aromatic N) is 1. The number of hydrogen-bond acceptors (Lipinski definition) is 2. The zero-order valence-corrected chi connectivity index (χ0v) is 10.3. The lowest BCUT2D eigenvalue weighted by Crippen LogP contribution is -2.37. The van der Waals surface area contributed by atoms with Crippen LogP contribution in [0.5, 0.6) is 0 Å². The molecule has 16 heavy (non-hydrogen) atoms. The molecule has 1 aromatic heterocycles. The van der Waals surface area contributed by atoms with Crippen LogP contribution in [-0.4, -0.2) is 15.6 Å². The lowest BCUT2D eigenvalue weighted by molar-refractivity contribution is 0.0692. The van der Waals surface area contributed by atoms with E-state index in [1.807, 2.05) is 27.7 Å². The van der Waals surface area contributed by atoms with Crippen molar-refractivity contribution in [3.63, 3.8) is 0 Å². The van der Waals surface area contributed by atoms with Gasteiger partial charge in [0.25, 0.3) is 5.56 Å². The van der Waals surface area contributed by atoms with Crippen LogP contribution in [0.4, 0.5) is 0 Å². The summed E-state index contributed by atoms with van der Waals surface area (Å²) in [6, 6.07) is 0. The third-order valence-corrected chi connectivity index (χ3v) is 2.66. The molecular formula is C12H17NO3. The first-order valence-electron chi connectivity index (χ1n) is 5.13. The summed E-state index contributed by atoms with van der Waals surface area (Å²) in [5.41, 5.74) is 0.364. The second-order valence-corrected chi connectivity index (χ2v) is 4.96. The molecule has 4 nitrogen and oxygen atoms in total. The summed E-state index contributed by atoms with van der Waals surface area (Å²) in [5, 5.41) is 9.05. The maximum atomic E-state index is 12.0. The van der Waals surface area contributed by atoms with Gasteiger partial charge in [-0.15, -0.1) is 0 Å². The van der Waals surface area contributed by atoms with Gasteiger partial charge >= 0.3 is 5.97 Å². The Bertz CT molecular complexity index is 492. The number of pyridine rings is 1. The van der Waals surface area contributed by atoms with Crippen LogP contribution in [0.3, 0.4) is 0 Å². The van der Waals surface area contributed by atoms with E-state index in [0.717, 1.165) is 5.56 Å². The van der Waals surface area contributed by atoms with Crippen molar-refractivity contribution in [2.24, 2.45) is 0 Å². The average molecular weight is 223 g/mol. The molecule has 0 aromatic carbocycles. The molecule has 1 aromatic rings. The second kappa shape index (κ2) is 3.77. The lowest BCUT2D eigenvalue weighted by Gasteiger charge is -2.24. The highest BCUT2D eigenvalue weighted by Crippen LogP contribution is 2.15. The molecule has 0 spiro atoms. The van der Waals surface area contributed by atoms with Gasteiger partial charge in [-0.3, -0.25) is 4.79 Å². The molecule has 0 aliphatic rings. The van der Waals surface area contributed by atoms with Crippen molar-refractivity contribution in [3.8, 4) is 0 Å². The van der Waals surface area contributed by atoms with Crippen molar-refractivity contribution in [2.45, 2.75) is 40.2 Å². The van der Waals surface area contributed by atoms with E-state index in [4.69, 9.17) is 5.11 Å². The fourth-order valence-corrected chi connectivity index (χ4v) is 1.58. The van der Waals surface area contributed by atoms with Gasteiger partial charge < -0.3 is 9.67 Å². The predicted molar refractivity (Wildman–Crippen MR) is 62.1 cm³/mol. The highest BCUT2D eigenvalue weighted by Gasteiger charge is 2.22. The molecule has 0 fully saturated rings. The van der Waals surface area contributed by atoms with Crippen molar-refractivity contribution in [1.29, 1.82) is 0 Å². The first-order valence-corrected chi connectivity index (χ1v) is 5.13. The summed E-state index contributed by atoms with van der Waals surface area (Å²) in [5.74, 6) is -1.16. The SMILES string of the molecule is Cc1cn(C(C)(C)C)c(=O)c(C(=O)O)c1C. The van der Waals surface area contributed by atoms with Crippen LogP contribution in [-0.2, 0) is 5.54 Å². The Morgan fingerprint density at radius 3 is 2.19 bits per heavy atom. The summed E-state index contributed by atoms with van der Waals surface area (Å²) in [6.45, 7) is 9.08. The van der Waals surface area contributed by atoms with Crippen molar-refractivity contribution in [1.82, 2.24) is 4.57 Å². The van der Waals surface area contributed by atoms with Gasteiger partial charge in [-0.05, 0) is 45.7 Å². The summed E-state index contributed by atoms with van der Waals surface area (Å²) >= 11 is 0. The van der Waals surface area contributed by atoms with E-state index in [-0.39, 0.29) is 5.56 Å². The van der Waals surface area contributed by atoms with Crippen molar-refractivity contribution >= 4 is 5.97 Å². The summed E-state index contributed by atoms with van der Waals surface area (Å²) < 4.78 is 1.47. The van der Waals surface area contributed by atoms with Crippen molar-refractivity contribution in [2.75, 3.05) is 0 Å².